The van der Waals surface area contributed by atoms with Gasteiger partial charge in [0.2, 0.25) is 11.8 Å². The molecule has 0 radical (unpaired) electrons. The van der Waals surface area contributed by atoms with Crippen LogP contribution in [0.3, 0.4) is 0 Å². The van der Waals surface area contributed by atoms with Crippen molar-refractivity contribution >= 4 is 17.2 Å². The van der Waals surface area contributed by atoms with Crippen LogP contribution in [-0.2, 0) is 16.0 Å². The van der Waals surface area contributed by atoms with Crippen molar-refractivity contribution in [2.24, 2.45) is 0 Å². The molecule has 0 unspecified atom stereocenters. The lowest BCUT2D eigenvalue weighted by Crippen LogP contribution is -2.44. The topological polar surface area (TPSA) is 81.4 Å². The molecule has 8 heteroatoms. The number of carbonyl (C=O) groups excluding carboxylic acids is 1. The molecule has 1 amide bonds. The van der Waals surface area contributed by atoms with Gasteiger partial charge in [0.15, 0.2) is 5.82 Å². The van der Waals surface area contributed by atoms with Crippen molar-refractivity contribution in [2.45, 2.75) is 19.4 Å². The third kappa shape index (κ3) is 3.51. The number of hydrogen-bond acceptors (Lipinski definition) is 7. The van der Waals surface area contributed by atoms with Gasteiger partial charge in [-0.2, -0.15) is 4.98 Å². The van der Waals surface area contributed by atoms with Gasteiger partial charge in [-0.1, -0.05) is 35.5 Å². The van der Waals surface area contributed by atoms with Gasteiger partial charge >= 0.3 is 0 Å². The predicted molar refractivity (Wildman–Crippen MR) is 95.6 cm³/mol. The summed E-state index contributed by atoms with van der Waals surface area (Å²) in [5.74, 6) is 0.953. The summed E-state index contributed by atoms with van der Waals surface area (Å²) in [6.45, 7) is 3.11. The van der Waals surface area contributed by atoms with Crippen LogP contribution in [0.1, 0.15) is 23.5 Å². The molecule has 1 aliphatic rings. The molecule has 1 atom stereocenters. The summed E-state index contributed by atoms with van der Waals surface area (Å²) in [5.41, 5.74) is 1.83. The van der Waals surface area contributed by atoms with Crippen LogP contribution >= 0.6 is 11.3 Å². The number of aryl methyl sites for hydroxylation is 1. The Hall–Kier alpha value is -2.58. The van der Waals surface area contributed by atoms with Crippen molar-refractivity contribution < 1.29 is 14.1 Å². The van der Waals surface area contributed by atoms with Crippen LogP contribution in [0.2, 0.25) is 0 Å². The van der Waals surface area contributed by atoms with Gasteiger partial charge in [0.25, 0.3) is 0 Å². The largest absolute Gasteiger partial charge is 0.377 e. The Morgan fingerprint density at radius 2 is 2.15 bits per heavy atom. The average Bonchev–Trinajstić information content (AvgIpc) is 3.31. The van der Waals surface area contributed by atoms with E-state index in [2.05, 4.69) is 15.1 Å². The van der Waals surface area contributed by atoms with E-state index >= 15 is 0 Å². The molecule has 0 spiro atoms. The number of thiazole rings is 1. The van der Waals surface area contributed by atoms with E-state index in [0.29, 0.717) is 31.5 Å². The summed E-state index contributed by atoms with van der Waals surface area (Å²) >= 11 is 1.55. The molecule has 1 aliphatic heterocycles. The van der Waals surface area contributed by atoms with Gasteiger partial charge in [-0.15, -0.1) is 11.3 Å². The first-order valence-electron chi connectivity index (χ1n) is 8.38. The summed E-state index contributed by atoms with van der Waals surface area (Å²) in [6, 6.07) is 9.64. The normalized spacial score (nSPS) is 17.4. The molecule has 1 aromatic carbocycles. The van der Waals surface area contributed by atoms with Gasteiger partial charge in [-0.25, -0.2) is 4.98 Å². The lowest BCUT2D eigenvalue weighted by atomic mass is 10.2. The molecule has 1 saturated heterocycles. The second kappa shape index (κ2) is 7.35. The standard InChI is InChI=1S/C18H18N4O3S/c1-12-19-17(21-25-12)15-10-24-8-7-22(15)16(23)9-14-11-26-18(20-14)13-5-3-2-4-6-13/h2-6,11,15H,7-10H2,1H3/t15-/m1/s1. The van der Waals surface area contributed by atoms with Gasteiger partial charge in [0.05, 0.1) is 25.3 Å². The third-order valence-electron chi connectivity index (χ3n) is 4.19. The fourth-order valence-corrected chi connectivity index (χ4v) is 3.75. The fraction of sp³-hybridized carbons (Fsp3) is 0.333. The van der Waals surface area contributed by atoms with E-state index in [4.69, 9.17) is 9.26 Å². The Morgan fingerprint density at radius 3 is 2.92 bits per heavy atom. The van der Waals surface area contributed by atoms with Crippen LogP contribution in [0.15, 0.2) is 40.2 Å². The van der Waals surface area contributed by atoms with Crippen LogP contribution < -0.4 is 0 Å². The van der Waals surface area contributed by atoms with Gasteiger partial charge in [-0.05, 0) is 0 Å². The molecule has 2 aromatic heterocycles. The number of hydrogen-bond donors (Lipinski definition) is 0. The predicted octanol–water partition coefficient (Wildman–Crippen LogP) is 2.64. The van der Waals surface area contributed by atoms with E-state index in [9.17, 15) is 4.79 Å². The number of rotatable bonds is 4. The van der Waals surface area contributed by atoms with Gasteiger partial charge in [0.1, 0.15) is 11.0 Å². The van der Waals surface area contributed by atoms with Crippen LogP contribution in [0, 0.1) is 6.92 Å². The Labute approximate surface area is 154 Å². The second-order valence-corrected chi connectivity index (χ2v) is 6.89. The van der Waals surface area contributed by atoms with Crippen molar-refractivity contribution in [1.29, 1.82) is 0 Å². The molecular weight excluding hydrogens is 352 g/mol. The lowest BCUT2D eigenvalue weighted by molar-refractivity contribution is -0.139. The molecule has 0 saturated carbocycles. The third-order valence-corrected chi connectivity index (χ3v) is 5.14. The van der Waals surface area contributed by atoms with Crippen molar-refractivity contribution in [3.63, 3.8) is 0 Å². The molecule has 0 bridgehead atoms. The van der Waals surface area contributed by atoms with Crippen LogP contribution in [0.4, 0.5) is 0 Å². The Kier molecular flexibility index (Phi) is 4.77. The minimum Gasteiger partial charge on any atom is -0.377 e. The smallest absolute Gasteiger partial charge is 0.229 e. The quantitative estimate of drug-likeness (QED) is 0.702. The van der Waals surface area contributed by atoms with E-state index in [1.807, 2.05) is 35.7 Å². The molecule has 0 aliphatic carbocycles. The van der Waals surface area contributed by atoms with Crippen molar-refractivity contribution in [2.75, 3.05) is 19.8 Å². The van der Waals surface area contributed by atoms with Gasteiger partial charge < -0.3 is 14.2 Å². The fourth-order valence-electron chi connectivity index (χ4n) is 2.92. The number of amides is 1. The Morgan fingerprint density at radius 1 is 1.31 bits per heavy atom. The molecule has 1 fully saturated rings. The van der Waals surface area contributed by atoms with Crippen molar-refractivity contribution in [1.82, 2.24) is 20.0 Å². The maximum absolute atomic E-state index is 12.9. The lowest BCUT2D eigenvalue weighted by Gasteiger charge is -2.33. The number of aromatic nitrogens is 3. The average molecular weight is 370 g/mol. The molecule has 134 valence electrons. The highest BCUT2D eigenvalue weighted by molar-refractivity contribution is 7.13. The molecule has 7 nitrogen and oxygen atoms in total. The minimum atomic E-state index is -0.319. The number of ether oxygens (including phenoxy) is 1. The first kappa shape index (κ1) is 16.9. The number of morpholine rings is 1. The highest BCUT2D eigenvalue weighted by Gasteiger charge is 2.32. The van der Waals surface area contributed by atoms with Gasteiger partial charge in [-0.3, -0.25) is 4.79 Å². The highest BCUT2D eigenvalue weighted by Crippen LogP contribution is 2.26. The second-order valence-electron chi connectivity index (χ2n) is 6.04. The van der Waals surface area contributed by atoms with E-state index in [0.717, 1.165) is 16.3 Å². The Balaban J connectivity index is 1.49. The first-order valence-corrected chi connectivity index (χ1v) is 9.26. The number of carbonyl (C=O) groups is 1. The Bertz CT molecular complexity index is 893. The van der Waals surface area contributed by atoms with Crippen LogP contribution in [0.25, 0.3) is 10.6 Å². The zero-order valence-electron chi connectivity index (χ0n) is 14.3. The number of nitrogens with zero attached hydrogens (tertiary/aromatic N) is 4. The highest BCUT2D eigenvalue weighted by atomic mass is 32.1. The summed E-state index contributed by atoms with van der Waals surface area (Å²) < 4.78 is 10.6. The zero-order valence-corrected chi connectivity index (χ0v) is 15.1. The molecule has 0 N–H and O–H groups in total. The summed E-state index contributed by atoms with van der Waals surface area (Å²) in [6.07, 6.45) is 0.247. The van der Waals surface area contributed by atoms with E-state index in [1.165, 1.54) is 0 Å². The SMILES string of the molecule is Cc1nc([C@H]2COCCN2C(=O)Cc2csc(-c3ccccc3)n2)no1. The molecular formula is C18H18N4O3S. The summed E-state index contributed by atoms with van der Waals surface area (Å²) in [4.78, 5) is 23.5. The van der Waals surface area contributed by atoms with E-state index < -0.39 is 0 Å². The molecule has 3 aromatic rings. The molecule has 26 heavy (non-hydrogen) atoms. The maximum atomic E-state index is 12.9. The minimum absolute atomic E-state index is 0.00864. The van der Waals surface area contributed by atoms with Gasteiger partial charge in [0, 0.05) is 24.4 Å². The number of benzene rings is 1. The molecule has 3 heterocycles. The van der Waals surface area contributed by atoms with E-state index in [-0.39, 0.29) is 18.4 Å². The summed E-state index contributed by atoms with van der Waals surface area (Å²) in [7, 11) is 0. The monoisotopic (exact) mass is 370 g/mol. The first-order chi connectivity index (χ1) is 12.7. The van der Waals surface area contributed by atoms with Crippen molar-refractivity contribution in [3.05, 3.63) is 53.1 Å². The maximum Gasteiger partial charge on any atom is 0.229 e. The van der Waals surface area contributed by atoms with E-state index in [1.54, 1.807) is 23.2 Å². The van der Waals surface area contributed by atoms with Crippen molar-refractivity contribution in [3.8, 4) is 10.6 Å². The zero-order chi connectivity index (χ0) is 17.9. The molecule has 4 rings (SSSR count). The van der Waals surface area contributed by atoms with Crippen LogP contribution in [0.5, 0.6) is 0 Å². The summed E-state index contributed by atoms with van der Waals surface area (Å²) in [5, 5.41) is 6.81. The van der Waals surface area contributed by atoms with Crippen LogP contribution in [-0.4, -0.2) is 45.7 Å².